The molecule has 110 valence electrons. The van der Waals surface area contributed by atoms with Gasteiger partial charge in [0.05, 0.1) is 17.5 Å². The highest BCUT2D eigenvalue weighted by Gasteiger charge is 2.35. The van der Waals surface area contributed by atoms with Crippen LogP contribution in [0.3, 0.4) is 0 Å². The molecule has 0 aliphatic rings. The second kappa shape index (κ2) is 5.62. The zero-order valence-electron chi connectivity index (χ0n) is 13.4. The van der Waals surface area contributed by atoms with Crippen LogP contribution in [0.15, 0.2) is 0 Å². The predicted molar refractivity (Wildman–Crippen MR) is 77.0 cm³/mol. The zero-order valence-corrected chi connectivity index (χ0v) is 14.3. The van der Waals surface area contributed by atoms with Crippen molar-refractivity contribution in [2.24, 2.45) is 0 Å². The minimum Gasteiger partial charge on any atom is -0.302 e. The molecule has 0 fully saturated rings. The Morgan fingerprint density at radius 3 is 1.39 bits per heavy atom. The molecule has 0 saturated heterocycles. The average molecular weight is 279 g/mol. The van der Waals surface area contributed by atoms with Crippen molar-refractivity contribution in [3.8, 4) is 0 Å². The van der Waals surface area contributed by atoms with Crippen molar-refractivity contribution >= 4 is 7.60 Å². The van der Waals surface area contributed by atoms with Crippen molar-refractivity contribution in [1.29, 1.82) is 0 Å². The highest BCUT2D eigenvalue weighted by Crippen LogP contribution is 2.53. The summed E-state index contributed by atoms with van der Waals surface area (Å²) in [4.78, 5) is 0. The van der Waals surface area contributed by atoms with Gasteiger partial charge in [0.1, 0.15) is 0 Å². The van der Waals surface area contributed by atoms with E-state index in [9.17, 15) is 4.57 Å². The first-order chi connectivity index (χ1) is 7.62. The van der Waals surface area contributed by atoms with Gasteiger partial charge in [-0.25, -0.2) is 0 Å². The molecule has 5 heteroatoms. The molecule has 0 spiro atoms. The molecule has 0 aromatic heterocycles. The second-order valence-electron chi connectivity index (χ2n) is 7.60. The molecule has 0 aromatic carbocycles. The lowest BCUT2D eigenvalue weighted by Crippen LogP contribution is -2.38. The number of rotatable bonds is 4. The lowest BCUT2D eigenvalue weighted by molar-refractivity contribution is 0.0476. The van der Waals surface area contributed by atoms with Crippen molar-refractivity contribution in [2.75, 3.05) is 6.29 Å². The molecule has 0 heterocycles. The molecule has 4 nitrogen and oxygen atoms in total. The van der Waals surface area contributed by atoms with Crippen molar-refractivity contribution in [3.05, 3.63) is 0 Å². The van der Waals surface area contributed by atoms with Gasteiger partial charge in [0, 0.05) is 5.54 Å². The van der Waals surface area contributed by atoms with E-state index in [0.717, 1.165) is 0 Å². The van der Waals surface area contributed by atoms with Gasteiger partial charge in [0.15, 0.2) is 0 Å². The molecule has 18 heavy (non-hydrogen) atoms. The fourth-order valence-corrected chi connectivity index (χ4v) is 3.76. The minimum atomic E-state index is -3.17. The summed E-state index contributed by atoms with van der Waals surface area (Å²) in [5, 5.41) is 3.19. The van der Waals surface area contributed by atoms with Gasteiger partial charge in [0.2, 0.25) is 0 Å². The van der Waals surface area contributed by atoms with Gasteiger partial charge >= 0.3 is 7.60 Å². The van der Waals surface area contributed by atoms with Crippen LogP contribution < -0.4 is 5.32 Å². The summed E-state index contributed by atoms with van der Waals surface area (Å²) in [5.74, 6) is 0. The summed E-state index contributed by atoms with van der Waals surface area (Å²) in [6, 6.07) is 0. The summed E-state index contributed by atoms with van der Waals surface area (Å²) >= 11 is 0. The first-order valence-corrected chi connectivity index (χ1v) is 8.10. The Kier molecular flexibility index (Phi) is 5.65. The van der Waals surface area contributed by atoms with Crippen molar-refractivity contribution in [1.82, 2.24) is 5.32 Å². The van der Waals surface area contributed by atoms with Gasteiger partial charge in [-0.2, -0.15) is 0 Å². The van der Waals surface area contributed by atoms with E-state index in [1.165, 1.54) is 0 Å². The lowest BCUT2D eigenvalue weighted by atomic mass is 10.1. The Balaban J connectivity index is 4.88. The van der Waals surface area contributed by atoms with Crippen LogP contribution in [0.2, 0.25) is 0 Å². The monoisotopic (exact) mass is 279 g/mol. The van der Waals surface area contributed by atoms with Crippen molar-refractivity contribution in [3.63, 3.8) is 0 Å². The molecule has 0 rings (SSSR count). The summed E-state index contributed by atoms with van der Waals surface area (Å²) in [5.41, 5.74) is -1.13. The first-order valence-electron chi connectivity index (χ1n) is 6.38. The van der Waals surface area contributed by atoms with E-state index in [1.807, 2.05) is 62.3 Å². The Hall–Kier alpha value is 0.110. The zero-order chi connectivity index (χ0) is 14.8. The van der Waals surface area contributed by atoms with E-state index >= 15 is 0 Å². The molecular formula is C13H30NO3P. The molecule has 0 atom stereocenters. The Morgan fingerprint density at radius 1 is 0.833 bits per heavy atom. The fraction of sp³-hybridized carbons (Fsp3) is 1.00. The molecule has 0 saturated carbocycles. The largest absolute Gasteiger partial charge is 0.345 e. The number of hydrogen-bond acceptors (Lipinski definition) is 4. The predicted octanol–water partition coefficient (Wildman–Crippen LogP) is 4.16. The SMILES string of the molecule is CC(C)(C)NCP(=O)(OC(C)(C)C)OC(C)(C)C. The molecule has 0 bridgehead atoms. The molecule has 1 N–H and O–H groups in total. The molecule has 0 aliphatic heterocycles. The number of hydrogen-bond donors (Lipinski definition) is 1. The molecular weight excluding hydrogens is 249 g/mol. The molecule has 0 aliphatic carbocycles. The van der Waals surface area contributed by atoms with Crippen LogP contribution in [0.25, 0.3) is 0 Å². The normalized spacial score (nSPS) is 14.9. The molecule has 0 radical (unpaired) electrons. The van der Waals surface area contributed by atoms with Crippen LogP contribution in [0.1, 0.15) is 62.3 Å². The maximum absolute atomic E-state index is 12.8. The van der Waals surface area contributed by atoms with Gasteiger partial charge < -0.3 is 14.4 Å². The Bertz CT molecular complexity index is 288. The van der Waals surface area contributed by atoms with Gasteiger partial charge in [-0.1, -0.05) is 0 Å². The Morgan fingerprint density at radius 2 is 1.17 bits per heavy atom. The summed E-state index contributed by atoms with van der Waals surface area (Å²) in [6.07, 6.45) is 0.213. The summed E-state index contributed by atoms with van der Waals surface area (Å²) in [7, 11) is -3.17. The van der Waals surface area contributed by atoms with Gasteiger partial charge in [-0.15, -0.1) is 0 Å². The second-order valence-corrected chi connectivity index (χ2v) is 9.51. The average Bonchev–Trinajstić information content (AvgIpc) is 1.91. The lowest BCUT2D eigenvalue weighted by Gasteiger charge is -2.33. The quantitative estimate of drug-likeness (QED) is 0.785. The van der Waals surface area contributed by atoms with Crippen LogP contribution in [0.4, 0.5) is 0 Å². The number of nitrogens with one attached hydrogen (secondary N) is 1. The standard InChI is InChI=1S/C13H30NO3P/c1-11(2,3)14-10-18(15,16-12(4,5)6)17-13(7,8)9/h14H,10H2,1-9H3. The van der Waals surface area contributed by atoms with E-state index in [2.05, 4.69) is 5.32 Å². The molecule has 0 aromatic rings. The van der Waals surface area contributed by atoms with E-state index < -0.39 is 18.8 Å². The van der Waals surface area contributed by atoms with E-state index in [4.69, 9.17) is 9.05 Å². The van der Waals surface area contributed by atoms with Crippen LogP contribution in [0.5, 0.6) is 0 Å². The van der Waals surface area contributed by atoms with Crippen LogP contribution >= 0.6 is 7.60 Å². The summed E-state index contributed by atoms with van der Waals surface area (Å²) in [6.45, 7) is 17.3. The van der Waals surface area contributed by atoms with Crippen LogP contribution in [-0.2, 0) is 13.6 Å². The third kappa shape index (κ3) is 10.1. The van der Waals surface area contributed by atoms with Crippen LogP contribution in [0, 0.1) is 0 Å². The Labute approximate surface area is 112 Å². The maximum atomic E-state index is 12.8. The third-order valence-electron chi connectivity index (χ3n) is 1.63. The fourth-order valence-electron chi connectivity index (χ4n) is 1.25. The highest BCUT2D eigenvalue weighted by atomic mass is 31.2. The van der Waals surface area contributed by atoms with Crippen molar-refractivity contribution < 1.29 is 13.6 Å². The van der Waals surface area contributed by atoms with Crippen LogP contribution in [-0.4, -0.2) is 23.0 Å². The topological polar surface area (TPSA) is 47.6 Å². The van der Waals surface area contributed by atoms with Gasteiger partial charge in [0.25, 0.3) is 0 Å². The smallest absolute Gasteiger partial charge is 0.302 e. The molecule has 0 unspecified atom stereocenters. The van der Waals surface area contributed by atoms with Crippen molar-refractivity contribution in [2.45, 2.75) is 79.1 Å². The summed E-state index contributed by atoms with van der Waals surface area (Å²) < 4.78 is 24.1. The van der Waals surface area contributed by atoms with E-state index in [1.54, 1.807) is 0 Å². The minimum absolute atomic E-state index is 0.127. The highest BCUT2D eigenvalue weighted by molar-refractivity contribution is 7.53. The van der Waals surface area contributed by atoms with Gasteiger partial charge in [-0.05, 0) is 62.3 Å². The third-order valence-corrected chi connectivity index (χ3v) is 3.83. The van der Waals surface area contributed by atoms with E-state index in [-0.39, 0.29) is 11.8 Å². The first kappa shape index (κ1) is 18.1. The maximum Gasteiger partial charge on any atom is 0.345 e. The van der Waals surface area contributed by atoms with E-state index in [0.29, 0.717) is 0 Å². The molecule has 0 amide bonds. The van der Waals surface area contributed by atoms with Gasteiger partial charge in [-0.3, -0.25) is 4.57 Å².